The Morgan fingerprint density at radius 1 is 1.26 bits per heavy atom. The third-order valence-corrected chi connectivity index (χ3v) is 3.65. The van der Waals surface area contributed by atoms with Crippen LogP contribution in [0.5, 0.6) is 0 Å². The van der Waals surface area contributed by atoms with Gasteiger partial charge in [-0.05, 0) is 18.1 Å². The first kappa shape index (κ1) is 22.7. The summed E-state index contributed by atoms with van der Waals surface area (Å²) in [6, 6.07) is 8.24. The van der Waals surface area contributed by atoms with Crippen molar-refractivity contribution >= 4 is 41.3 Å². The van der Waals surface area contributed by atoms with Gasteiger partial charge in [0.25, 0.3) is 5.69 Å². The van der Waals surface area contributed by atoms with Crippen molar-refractivity contribution in [3.05, 3.63) is 51.9 Å². The average Bonchev–Trinajstić information content (AvgIpc) is 3.11. The third kappa shape index (κ3) is 7.41. The number of nitrogens with one attached hydrogen (secondary N) is 3. The van der Waals surface area contributed by atoms with Crippen LogP contribution in [0.1, 0.15) is 31.2 Å². The number of aliphatic imine (C=N–C) groups is 1. The molecule has 9 nitrogen and oxygen atoms in total. The molecule has 2 rings (SSSR count). The normalized spacial score (nSPS) is 11.0. The number of nitrogens with zero attached hydrogens (tertiary/aromatic N) is 3. The van der Waals surface area contributed by atoms with Gasteiger partial charge in [0.2, 0.25) is 0 Å². The SMILES string of the molecule is CN=C(NCCNc1ccc([N+](=O)[O-])cc1)NCc1cc(C(C)C)no1.I. The van der Waals surface area contributed by atoms with E-state index >= 15 is 0 Å². The van der Waals surface area contributed by atoms with Crippen LogP contribution in [-0.4, -0.2) is 36.2 Å². The molecular weight excluding hydrogens is 463 g/mol. The maximum Gasteiger partial charge on any atom is 0.269 e. The van der Waals surface area contributed by atoms with Crippen molar-refractivity contribution in [1.29, 1.82) is 0 Å². The van der Waals surface area contributed by atoms with Gasteiger partial charge in [0.15, 0.2) is 11.7 Å². The first-order chi connectivity index (χ1) is 12.5. The largest absolute Gasteiger partial charge is 0.383 e. The second-order valence-corrected chi connectivity index (χ2v) is 5.96. The van der Waals surface area contributed by atoms with Crippen LogP contribution in [-0.2, 0) is 6.54 Å². The lowest BCUT2D eigenvalue weighted by atomic mass is 10.1. The van der Waals surface area contributed by atoms with Gasteiger partial charge >= 0.3 is 0 Å². The fourth-order valence-electron chi connectivity index (χ4n) is 2.16. The van der Waals surface area contributed by atoms with E-state index in [9.17, 15) is 10.1 Å². The van der Waals surface area contributed by atoms with Crippen LogP contribution in [0.25, 0.3) is 0 Å². The fourth-order valence-corrected chi connectivity index (χ4v) is 2.16. The topological polar surface area (TPSA) is 118 Å². The molecule has 148 valence electrons. The van der Waals surface area contributed by atoms with Crippen LogP contribution >= 0.6 is 24.0 Å². The minimum absolute atomic E-state index is 0. The van der Waals surface area contributed by atoms with Gasteiger partial charge in [0, 0.05) is 44.0 Å². The van der Waals surface area contributed by atoms with E-state index in [1.165, 1.54) is 12.1 Å². The van der Waals surface area contributed by atoms with Crippen molar-refractivity contribution in [2.24, 2.45) is 4.99 Å². The van der Waals surface area contributed by atoms with Gasteiger partial charge < -0.3 is 20.5 Å². The van der Waals surface area contributed by atoms with Crippen molar-refractivity contribution in [3.8, 4) is 0 Å². The van der Waals surface area contributed by atoms with E-state index in [0.29, 0.717) is 31.5 Å². The molecule has 10 heteroatoms. The summed E-state index contributed by atoms with van der Waals surface area (Å²) in [5, 5.41) is 24.2. The molecule has 0 bridgehead atoms. The molecule has 1 aromatic carbocycles. The molecule has 0 spiro atoms. The van der Waals surface area contributed by atoms with Crippen molar-refractivity contribution < 1.29 is 9.45 Å². The molecule has 0 aliphatic heterocycles. The summed E-state index contributed by atoms with van der Waals surface area (Å²) in [7, 11) is 1.69. The number of benzene rings is 1. The van der Waals surface area contributed by atoms with Crippen LogP contribution < -0.4 is 16.0 Å². The molecule has 1 heterocycles. The Morgan fingerprint density at radius 3 is 2.52 bits per heavy atom. The Kier molecular flexibility index (Phi) is 9.54. The predicted octanol–water partition coefficient (Wildman–Crippen LogP) is 3.10. The number of nitro benzene ring substituents is 1. The third-order valence-electron chi connectivity index (χ3n) is 3.65. The van der Waals surface area contributed by atoms with Gasteiger partial charge in [0.05, 0.1) is 17.2 Å². The minimum atomic E-state index is -0.417. The highest BCUT2D eigenvalue weighted by Crippen LogP contribution is 2.15. The number of rotatable bonds is 8. The van der Waals surface area contributed by atoms with Crippen LogP contribution in [0.4, 0.5) is 11.4 Å². The standard InChI is InChI=1S/C17H24N6O3.HI/c1-12(2)16-10-15(26-22-16)11-21-17(18-3)20-9-8-19-13-4-6-14(7-5-13)23(24)25;/h4-7,10,12,19H,8-9,11H2,1-3H3,(H2,18,20,21);1H. The quantitative estimate of drug-likeness (QED) is 0.131. The zero-order valence-corrected chi connectivity index (χ0v) is 17.9. The number of aromatic nitrogens is 1. The van der Waals surface area contributed by atoms with Crippen molar-refractivity contribution in [1.82, 2.24) is 15.8 Å². The van der Waals surface area contributed by atoms with Crippen LogP contribution in [0.2, 0.25) is 0 Å². The van der Waals surface area contributed by atoms with E-state index in [1.807, 2.05) is 6.07 Å². The Morgan fingerprint density at radius 2 is 1.96 bits per heavy atom. The molecule has 2 aromatic rings. The van der Waals surface area contributed by atoms with Crippen LogP contribution in [0, 0.1) is 10.1 Å². The zero-order valence-electron chi connectivity index (χ0n) is 15.6. The zero-order chi connectivity index (χ0) is 18.9. The number of guanidine groups is 1. The predicted molar refractivity (Wildman–Crippen MR) is 116 cm³/mol. The molecule has 27 heavy (non-hydrogen) atoms. The number of halogens is 1. The highest BCUT2D eigenvalue weighted by molar-refractivity contribution is 14.0. The monoisotopic (exact) mass is 488 g/mol. The maximum atomic E-state index is 10.6. The summed E-state index contributed by atoms with van der Waals surface area (Å²) in [4.78, 5) is 14.4. The molecule has 0 saturated carbocycles. The molecule has 0 radical (unpaired) electrons. The molecule has 3 N–H and O–H groups in total. The molecule has 0 aliphatic rings. The van der Waals surface area contributed by atoms with E-state index in [4.69, 9.17) is 4.52 Å². The summed E-state index contributed by atoms with van der Waals surface area (Å²) in [5.41, 5.74) is 1.83. The molecule has 0 saturated heterocycles. The summed E-state index contributed by atoms with van der Waals surface area (Å²) in [6.45, 7) is 5.89. The number of hydrogen-bond acceptors (Lipinski definition) is 6. The first-order valence-corrected chi connectivity index (χ1v) is 8.38. The number of hydrogen-bond donors (Lipinski definition) is 3. The van der Waals surface area contributed by atoms with E-state index in [0.717, 1.165) is 17.1 Å². The van der Waals surface area contributed by atoms with Gasteiger partial charge in [-0.2, -0.15) is 0 Å². The lowest BCUT2D eigenvalue weighted by molar-refractivity contribution is -0.384. The summed E-state index contributed by atoms with van der Waals surface area (Å²) in [6.07, 6.45) is 0. The maximum absolute atomic E-state index is 10.6. The Labute approximate surface area is 175 Å². The lowest BCUT2D eigenvalue weighted by Crippen LogP contribution is -2.39. The summed E-state index contributed by atoms with van der Waals surface area (Å²) in [5.74, 6) is 1.73. The Bertz CT molecular complexity index is 745. The van der Waals surface area contributed by atoms with Crippen molar-refractivity contribution in [3.63, 3.8) is 0 Å². The minimum Gasteiger partial charge on any atom is -0.383 e. The van der Waals surface area contributed by atoms with Gasteiger partial charge in [-0.25, -0.2) is 0 Å². The smallest absolute Gasteiger partial charge is 0.269 e. The highest BCUT2D eigenvalue weighted by atomic mass is 127. The highest BCUT2D eigenvalue weighted by Gasteiger charge is 2.08. The Hall–Kier alpha value is -2.37. The molecular formula is C17H25IN6O3. The molecule has 0 atom stereocenters. The molecule has 0 amide bonds. The van der Waals surface area contributed by atoms with Crippen LogP contribution in [0.15, 0.2) is 39.8 Å². The van der Waals surface area contributed by atoms with Gasteiger partial charge in [0.1, 0.15) is 0 Å². The molecule has 0 aliphatic carbocycles. The van der Waals surface area contributed by atoms with Crippen LogP contribution in [0.3, 0.4) is 0 Å². The van der Waals surface area contributed by atoms with E-state index in [-0.39, 0.29) is 29.7 Å². The van der Waals surface area contributed by atoms with Gasteiger partial charge in [-0.1, -0.05) is 19.0 Å². The Balaban J connectivity index is 0.00000364. The fraction of sp³-hybridized carbons (Fsp3) is 0.412. The summed E-state index contributed by atoms with van der Waals surface area (Å²) < 4.78 is 5.28. The number of non-ortho nitro benzene ring substituents is 1. The van der Waals surface area contributed by atoms with Gasteiger partial charge in [-0.3, -0.25) is 15.1 Å². The summed E-state index contributed by atoms with van der Waals surface area (Å²) >= 11 is 0. The number of nitro groups is 1. The second kappa shape index (κ2) is 11.4. The average molecular weight is 488 g/mol. The number of anilines is 1. The van der Waals surface area contributed by atoms with E-state index < -0.39 is 4.92 Å². The molecule has 1 aromatic heterocycles. The first-order valence-electron chi connectivity index (χ1n) is 8.38. The van der Waals surface area contributed by atoms with Crippen molar-refractivity contribution in [2.75, 3.05) is 25.5 Å². The van der Waals surface area contributed by atoms with E-state index in [2.05, 4.69) is 39.9 Å². The van der Waals surface area contributed by atoms with E-state index in [1.54, 1.807) is 19.2 Å². The van der Waals surface area contributed by atoms with Crippen molar-refractivity contribution in [2.45, 2.75) is 26.3 Å². The molecule has 0 unspecified atom stereocenters. The van der Waals surface area contributed by atoms with Gasteiger partial charge in [-0.15, -0.1) is 24.0 Å². The second-order valence-electron chi connectivity index (χ2n) is 5.96. The molecule has 0 fully saturated rings. The lowest BCUT2D eigenvalue weighted by Gasteiger charge is -2.11.